The number of anilines is 1. The van der Waals surface area contributed by atoms with E-state index in [0.717, 1.165) is 10.6 Å². The molecule has 1 amide bonds. The number of carbonyl (C=O) groups excluding carboxylic acids is 2. The number of ketones is 1. The van der Waals surface area contributed by atoms with Crippen LogP contribution in [0, 0.1) is 12.7 Å². The Morgan fingerprint density at radius 1 is 1.35 bits per heavy atom. The van der Waals surface area contributed by atoms with Gasteiger partial charge in [-0.15, -0.1) is 11.3 Å². The predicted molar refractivity (Wildman–Crippen MR) is 73.6 cm³/mol. The number of hydrogen-bond acceptors (Lipinski definition) is 4. The van der Waals surface area contributed by atoms with Gasteiger partial charge in [-0.25, -0.2) is 9.37 Å². The van der Waals surface area contributed by atoms with E-state index in [9.17, 15) is 14.0 Å². The number of carbonyl (C=O) groups is 2. The van der Waals surface area contributed by atoms with Gasteiger partial charge in [-0.2, -0.15) is 0 Å². The summed E-state index contributed by atoms with van der Waals surface area (Å²) >= 11 is 1.51. The highest BCUT2D eigenvalue weighted by atomic mass is 32.1. The van der Waals surface area contributed by atoms with Crippen molar-refractivity contribution in [1.82, 2.24) is 4.98 Å². The molecule has 1 aliphatic heterocycles. The first-order chi connectivity index (χ1) is 9.58. The fourth-order valence-electron chi connectivity index (χ4n) is 2.27. The number of aromatic nitrogens is 1. The molecule has 0 saturated heterocycles. The molecule has 0 radical (unpaired) electrons. The van der Waals surface area contributed by atoms with E-state index in [4.69, 9.17) is 0 Å². The fourth-order valence-corrected chi connectivity index (χ4v) is 3.04. The lowest BCUT2D eigenvalue weighted by molar-refractivity contribution is -0.114. The van der Waals surface area contributed by atoms with Crippen LogP contribution in [0.5, 0.6) is 0 Å². The van der Waals surface area contributed by atoms with Crippen LogP contribution in [0.3, 0.4) is 0 Å². The van der Waals surface area contributed by atoms with Crippen molar-refractivity contribution >= 4 is 28.7 Å². The number of Topliss-reactive ketones (excluding diaryl/α,β-unsaturated/α-hetero) is 1. The van der Waals surface area contributed by atoms with Crippen molar-refractivity contribution in [2.45, 2.75) is 13.3 Å². The highest BCUT2D eigenvalue weighted by molar-refractivity contribution is 7.09. The van der Waals surface area contributed by atoms with Gasteiger partial charge in [0.1, 0.15) is 5.82 Å². The van der Waals surface area contributed by atoms with Gasteiger partial charge in [0.05, 0.1) is 22.5 Å². The number of hydrogen-bond donors (Lipinski definition) is 0. The zero-order valence-electron chi connectivity index (χ0n) is 10.7. The van der Waals surface area contributed by atoms with E-state index in [-0.39, 0.29) is 5.56 Å². The third-order valence-corrected chi connectivity index (χ3v) is 4.34. The molecular weight excluding hydrogens is 279 g/mol. The maximum Gasteiger partial charge on any atom is 0.299 e. The van der Waals surface area contributed by atoms with E-state index >= 15 is 0 Å². The van der Waals surface area contributed by atoms with E-state index in [1.165, 1.54) is 34.4 Å². The van der Waals surface area contributed by atoms with E-state index in [1.54, 1.807) is 5.51 Å². The van der Waals surface area contributed by atoms with Crippen molar-refractivity contribution in [1.29, 1.82) is 0 Å². The number of rotatable bonds is 3. The lowest BCUT2D eigenvalue weighted by Gasteiger charge is -2.16. The summed E-state index contributed by atoms with van der Waals surface area (Å²) in [5, 5.41) is 0. The minimum absolute atomic E-state index is 0.275. The summed E-state index contributed by atoms with van der Waals surface area (Å²) in [5.74, 6) is -1.61. The van der Waals surface area contributed by atoms with Crippen molar-refractivity contribution in [2.75, 3.05) is 11.4 Å². The van der Waals surface area contributed by atoms with Gasteiger partial charge in [0.25, 0.3) is 11.7 Å². The Bertz CT molecular complexity index is 711. The zero-order chi connectivity index (χ0) is 14.3. The predicted octanol–water partition coefficient (Wildman–Crippen LogP) is 2.36. The molecule has 0 spiro atoms. The van der Waals surface area contributed by atoms with Crippen molar-refractivity contribution in [3.8, 4) is 0 Å². The highest BCUT2D eigenvalue weighted by Crippen LogP contribution is 2.30. The zero-order valence-corrected chi connectivity index (χ0v) is 11.5. The Hall–Kier alpha value is -2.08. The molecule has 1 aromatic carbocycles. The Balaban J connectivity index is 1.87. The molecule has 6 heteroatoms. The van der Waals surface area contributed by atoms with Crippen LogP contribution in [0.4, 0.5) is 10.1 Å². The third kappa shape index (κ3) is 2.02. The number of nitrogens with zero attached hydrogens (tertiary/aromatic N) is 2. The van der Waals surface area contributed by atoms with Crippen LogP contribution in [0.2, 0.25) is 0 Å². The Morgan fingerprint density at radius 3 is 2.85 bits per heavy atom. The van der Waals surface area contributed by atoms with Crippen LogP contribution >= 0.6 is 11.3 Å². The van der Waals surface area contributed by atoms with Gasteiger partial charge in [-0.05, 0) is 25.1 Å². The molecule has 4 nitrogen and oxygen atoms in total. The summed E-state index contributed by atoms with van der Waals surface area (Å²) in [7, 11) is 0. The van der Waals surface area contributed by atoms with Crippen molar-refractivity contribution in [3.63, 3.8) is 0 Å². The summed E-state index contributed by atoms with van der Waals surface area (Å²) in [5.41, 5.74) is 3.31. The number of fused-ring (bicyclic) bond motifs is 1. The second-order valence-corrected chi connectivity index (χ2v) is 5.50. The van der Waals surface area contributed by atoms with Crippen molar-refractivity contribution in [2.24, 2.45) is 0 Å². The van der Waals surface area contributed by atoms with Crippen LogP contribution in [-0.4, -0.2) is 23.2 Å². The smallest absolute Gasteiger partial charge is 0.299 e. The van der Waals surface area contributed by atoms with Gasteiger partial charge >= 0.3 is 0 Å². The molecule has 0 saturated carbocycles. The molecule has 0 aliphatic carbocycles. The second kappa shape index (κ2) is 4.79. The largest absolute Gasteiger partial charge is 0.304 e. The molecule has 0 bridgehead atoms. The molecule has 102 valence electrons. The van der Waals surface area contributed by atoms with Gasteiger partial charge in [0.2, 0.25) is 0 Å². The lowest BCUT2D eigenvalue weighted by atomic mass is 10.1. The minimum atomic E-state index is -0.590. The lowest BCUT2D eigenvalue weighted by Crippen LogP contribution is -2.31. The van der Waals surface area contributed by atoms with Gasteiger partial charge in [-0.3, -0.25) is 9.59 Å². The highest BCUT2D eigenvalue weighted by Gasteiger charge is 2.35. The quantitative estimate of drug-likeness (QED) is 0.815. The molecule has 20 heavy (non-hydrogen) atoms. The van der Waals surface area contributed by atoms with Crippen LogP contribution in [0.15, 0.2) is 23.7 Å². The number of benzene rings is 1. The Kier molecular flexibility index (Phi) is 3.10. The van der Waals surface area contributed by atoms with Crippen LogP contribution < -0.4 is 4.90 Å². The number of halogens is 1. The molecule has 2 aromatic rings. The number of thiazole rings is 1. The van der Waals surface area contributed by atoms with E-state index < -0.39 is 17.5 Å². The first-order valence-corrected chi connectivity index (χ1v) is 7.00. The fraction of sp³-hybridized carbons (Fsp3) is 0.214. The molecule has 0 N–H and O–H groups in total. The topological polar surface area (TPSA) is 50.3 Å². The van der Waals surface area contributed by atoms with Crippen LogP contribution in [0.25, 0.3) is 0 Å². The molecule has 1 aliphatic rings. The number of amides is 1. The van der Waals surface area contributed by atoms with Gasteiger partial charge in [0, 0.05) is 17.8 Å². The molecule has 0 unspecified atom stereocenters. The summed E-state index contributed by atoms with van der Waals surface area (Å²) in [6.07, 6.45) is 0.603. The standard InChI is InChI=1S/C14H11FN2O2S/c1-8-12(20-7-16-8)4-5-17-11-6-9(15)2-3-10(11)13(18)14(17)19/h2-3,6-7H,4-5H2,1H3. The van der Waals surface area contributed by atoms with Gasteiger partial charge in [0.15, 0.2) is 0 Å². The van der Waals surface area contributed by atoms with E-state index in [0.29, 0.717) is 18.7 Å². The monoisotopic (exact) mass is 290 g/mol. The summed E-state index contributed by atoms with van der Waals surface area (Å²) in [6.45, 7) is 2.25. The first-order valence-electron chi connectivity index (χ1n) is 6.12. The Morgan fingerprint density at radius 2 is 2.15 bits per heavy atom. The number of aryl methyl sites for hydroxylation is 1. The van der Waals surface area contributed by atoms with E-state index in [2.05, 4.69) is 4.98 Å². The summed E-state index contributed by atoms with van der Waals surface area (Å²) < 4.78 is 13.3. The average Bonchev–Trinajstić information content (AvgIpc) is 2.92. The molecule has 0 atom stereocenters. The molecular formula is C14H11FN2O2S. The van der Waals surface area contributed by atoms with E-state index in [1.807, 2.05) is 6.92 Å². The summed E-state index contributed by atoms with van der Waals surface area (Å²) in [6, 6.07) is 3.79. The molecule has 3 rings (SSSR count). The summed E-state index contributed by atoms with van der Waals surface area (Å²) in [4.78, 5) is 30.3. The van der Waals surface area contributed by atoms with Crippen LogP contribution in [-0.2, 0) is 11.2 Å². The SMILES string of the molecule is Cc1ncsc1CCN1C(=O)C(=O)c2ccc(F)cc21. The minimum Gasteiger partial charge on any atom is -0.304 e. The van der Waals surface area contributed by atoms with Crippen molar-refractivity contribution in [3.05, 3.63) is 45.7 Å². The first kappa shape index (κ1) is 12.9. The normalized spacial score (nSPS) is 14.0. The van der Waals surface area contributed by atoms with Crippen molar-refractivity contribution < 1.29 is 14.0 Å². The maximum atomic E-state index is 13.3. The molecule has 2 heterocycles. The average molecular weight is 290 g/mol. The van der Waals surface area contributed by atoms with Crippen LogP contribution in [0.1, 0.15) is 20.9 Å². The Labute approximate surface area is 118 Å². The van der Waals surface area contributed by atoms with Gasteiger partial charge in [-0.1, -0.05) is 0 Å². The van der Waals surface area contributed by atoms with Gasteiger partial charge < -0.3 is 4.90 Å². The maximum absolute atomic E-state index is 13.3. The molecule has 1 aromatic heterocycles. The third-order valence-electron chi connectivity index (χ3n) is 3.34. The second-order valence-electron chi connectivity index (χ2n) is 4.56. The molecule has 0 fully saturated rings.